The van der Waals surface area contributed by atoms with Crippen LogP contribution in [0.1, 0.15) is 23.3 Å². The topological polar surface area (TPSA) is 45.2 Å². The Bertz CT molecular complexity index is 394. The van der Waals surface area contributed by atoms with Gasteiger partial charge in [-0.3, -0.25) is 9.78 Å². The molecule has 4 heteroatoms. The second-order valence-electron chi connectivity index (χ2n) is 5.04. The van der Waals surface area contributed by atoms with Crippen LogP contribution in [0.25, 0.3) is 0 Å². The van der Waals surface area contributed by atoms with Crippen LogP contribution in [0.5, 0.6) is 0 Å². The minimum Gasteiger partial charge on any atom is -0.347 e. The first kappa shape index (κ1) is 10.7. The molecule has 0 aromatic carbocycles. The number of rotatable bonds is 2. The molecule has 1 N–H and O–H groups in total. The Morgan fingerprint density at radius 1 is 1.41 bits per heavy atom. The van der Waals surface area contributed by atoms with Crippen LogP contribution in [0.4, 0.5) is 0 Å². The third kappa shape index (κ3) is 2.31. The van der Waals surface area contributed by atoms with E-state index in [1.165, 1.54) is 19.5 Å². The van der Waals surface area contributed by atoms with Crippen LogP contribution < -0.4 is 5.32 Å². The summed E-state index contributed by atoms with van der Waals surface area (Å²) in [6.07, 6.45) is 4.06. The van der Waals surface area contributed by atoms with E-state index in [4.69, 9.17) is 0 Å². The van der Waals surface area contributed by atoms with E-state index in [1.54, 1.807) is 12.3 Å². The largest absolute Gasteiger partial charge is 0.347 e. The monoisotopic (exact) mass is 231 g/mol. The fourth-order valence-electron chi connectivity index (χ4n) is 2.92. The molecular formula is C13H17N3O. The standard InChI is InChI=1S/C13H17N3O/c17-13(12-3-1-2-5-14-12)15-11-7-10-4-6-16(8-10)9-11/h1-3,5,10-11H,4,6-9H2,(H,15,17)/t10-,11-/m1/s1. The van der Waals surface area contributed by atoms with Crippen molar-refractivity contribution in [1.29, 1.82) is 0 Å². The quantitative estimate of drug-likeness (QED) is 0.822. The summed E-state index contributed by atoms with van der Waals surface area (Å²) in [4.78, 5) is 18.5. The lowest BCUT2D eigenvalue weighted by Gasteiger charge is -2.30. The maximum Gasteiger partial charge on any atom is 0.270 e. The molecule has 4 nitrogen and oxygen atoms in total. The van der Waals surface area contributed by atoms with Gasteiger partial charge in [0.2, 0.25) is 0 Å². The van der Waals surface area contributed by atoms with Crippen LogP contribution in [0.15, 0.2) is 24.4 Å². The van der Waals surface area contributed by atoms with Crippen molar-refractivity contribution in [1.82, 2.24) is 15.2 Å². The van der Waals surface area contributed by atoms with Gasteiger partial charge in [-0.25, -0.2) is 0 Å². The maximum absolute atomic E-state index is 12.0. The van der Waals surface area contributed by atoms with Gasteiger partial charge < -0.3 is 10.2 Å². The van der Waals surface area contributed by atoms with Gasteiger partial charge in [-0.2, -0.15) is 0 Å². The molecule has 1 unspecified atom stereocenters. The van der Waals surface area contributed by atoms with Crippen molar-refractivity contribution < 1.29 is 4.79 Å². The van der Waals surface area contributed by atoms with Crippen molar-refractivity contribution in [3.05, 3.63) is 30.1 Å². The van der Waals surface area contributed by atoms with Crippen LogP contribution >= 0.6 is 0 Å². The Morgan fingerprint density at radius 3 is 3.12 bits per heavy atom. The first-order valence-electron chi connectivity index (χ1n) is 6.25. The zero-order chi connectivity index (χ0) is 11.7. The smallest absolute Gasteiger partial charge is 0.270 e. The first-order chi connectivity index (χ1) is 8.31. The van der Waals surface area contributed by atoms with Gasteiger partial charge in [0.15, 0.2) is 0 Å². The maximum atomic E-state index is 12.0. The van der Waals surface area contributed by atoms with Crippen LogP contribution in [-0.2, 0) is 0 Å². The lowest BCUT2D eigenvalue weighted by Crippen LogP contribution is -2.47. The lowest BCUT2D eigenvalue weighted by molar-refractivity contribution is 0.0904. The second-order valence-corrected chi connectivity index (χ2v) is 5.04. The van der Waals surface area contributed by atoms with Gasteiger partial charge in [-0.05, 0) is 37.4 Å². The minimum absolute atomic E-state index is 0.0434. The Labute approximate surface area is 101 Å². The number of carbonyl (C=O) groups excluding carboxylic acids is 1. The molecule has 3 atom stereocenters. The van der Waals surface area contributed by atoms with E-state index >= 15 is 0 Å². The summed E-state index contributed by atoms with van der Waals surface area (Å²) < 4.78 is 0. The molecule has 17 heavy (non-hydrogen) atoms. The minimum atomic E-state index is -0.0434. The molecule has 0 aliphatic carbocycles. The SMILES string of the molecule is O=C(N[C@@H]1C[C@H]2CCN(C2)C1)c1ccccn1. The van der Waals surface area contributed by atoms with Crippen molar-refractivity contribution in [2.45, 2.75) is 18.9 Å². The van der Waals surface area contributed by atoms with Crippen LogP contribution in [0.2, 0.25) is 0 Å². The number of pyridine rings is 1. The predicted octanol–water partition coefficient (Wildman–Crippen LogP) is 0.906. The molecule has 2 bridgehead atoms. The molecule has 90 valence electrons. The van der Waals surface area contributed by atoms with Gasteiger partial charge in [0.05, 0.1) is 0 Å². The van der Waals surface area contributed by atoms with Gasteiger partial charge in [-0.15, -0.1) is 0 Å². The number of nitrogens with zero attached hydrogens (tertiary/aromatic N) is 2. The number of amides is 1. The summed E-state index contributed by atoms with van der Waals surface area (Å²) >= 11 is 0. The highest BCUT2D eigenvalue weighted by Crippen LogP contribution is 2.26. The van der Waals surface area contributed by atoms with Crippen molar-refractivity contribution in [2.75, 3.05) is 19.6 Å². The zero-order valence-corrected chi connectivity index (χ0v) is 9.80. The highest BCUT2D eigenvalue weighted by atomic mass is 16.1. The lowest BCUT2D eigenvalue weighted by atomic mass is 9.97. The summed E-state index contributed by atoms with van der Waals surface area (Å²) in [5.41, 5.74) is 0.514. The first-order valence-corrected chi connectivity index (χ1v) is 6.25. The number of hydrogen-bond donors (Lipinski definition) is 1. The van der Waals surface area contributed by atoms with E-state index < -0.39 is 0 Å². The molecule has 2 aliphatic rings. The normalized spacial score (nSPS) is 31.2. The van der Waals surface area contributed by atoms with Gasteiger partial charge in [0.1, 0.15) is 5.69 Å². The van der Waals surface area contributed by atoms with Gasteiger partial charge in [0.25, 0.3) is 5.91 Å². The zero-order valence-electron chi connectivity index (χ0n) is 9.80. The molecule has 1 amide bonds. The highest BCUT2D eigenvalue weighted by molar-refractivity contribution is 5.92. The Morgan fingerprint density at radius 2 is 2.35 bits per heavy atom. The highest BCUT2D eigenvalue weighted by Gasteiger charge is 2.32. The van der Waals surface area contributed by atoms with E-state index in [0.717, 1.165) is 18.9 Å². The molecule has 0 saturated carbocycles. The molecule has 2 fully saturated rings. The van der Waals surface area contributed by atoms with Gasteiger partial charge in [0, 0.05) is 25.3 Å². The number of piperidine rings is 1. The summed E-state index contributed by atoms with van der Waals surface area (Å²) in [7, 11) is 0. The summed E-state index contributed by atoms with van der Waals surface area (Å²) in [5.74, 6) is 0.732. The number of nitrogens with one attached hydrogen (secondary N) is 1. The third-order valence-corrected chi connectivity index (χ3v) is 3.70. The molecule has 3 heterocycles. The fourth-order valence-corrected chi connectivity index (χ4v) is 2.92. The van der Waals surface area contributed by atoms with Crippen LogP contribution in [0.3, 0.4) is 0 Å². The van der Waals surface area contributed by atoms with Crippen molar-refractivity contribution in [3.63, 3.8) is 0 Å². The molecule has 3 rings (SSSR count). The van der Waals surface area contributed by atoms with Crippen LogP contribution in [-0.4, -0.2) is 41.5 Å². The molecule has 2 aliphatic heterocycles. The summed E-state index contributed by atoms with van der Waals surface area (Å²) in [6.45, 7) is 3.41. The Hall–Kier alpha value is -1.42. The van der Waals surface area contributed by atoms with Gasteiger partial charge in [-0.1, -0.05) is 6.07 Å². The molecule has 0 radical (unpaired) electrons. The van der Waals surface area contributed by atoms with E-state index in [-0.39, 0.29) is 5.91 Å². The number of carbonyl (C=O) groups is 1. The van der Waals surface area contributed by atoms with E-state index in [0.29, 0.717) is 11.7 Å². The van der Waals surface area contributed by atoms with E-state index in [2.05, 4.69) is 15.2 Å². The van der Waals surface area contributed by atoms with E-state index in [1.807, 2.05) is 12.1 Å². The second kappa shape index (κ2) is 4.45. The van der Waals surface area contributed by atoms with Crippen molar-refractivity contribution in [2.24, 2.45) is 5.92 Å². The Balaban J connectivity index is 1.62. The summed E-state index contributed by atoms with van der Waals surface area (Å²) in [6, 6.07) is 5.72. The molecule has 2 saturated heterocycles. The average molecular weight is 231 g/mol. The number of fused-ring (bicyclic) bond motifs is 2. The number of aromatic nitrogens is 1. The molecule has 1 aromatic heterocycles. The van der Waals surface area contributed by atoms with Crippen LogP contribution in [0, 0.1) is 5.92 Å². The number of hydrogen-bond acceptors (Lipinski definition) is 3. The molecule has 0 spiro atoms. The van der Waals surface area contributed by atoms with Crippen molar-refractivity contribution in [3.8, 4) is 0 Å². The molecular weight excluding hydrogens is 214 g/mol. The average Bonchev–Trinajstić information content (AvgIpc) is 2.70. The van der Waals surface area contributed by atoms with Gasteiger partial charge >= 0.3 is 0 Å². The predicted molar refractivity (Wildman–Crippen MR) is 64.7 cm³/mol. The molecule has 1 aromatic rings. The summed E-state index contributed by atoms with van der Waals surface area (Å²) in [5, 5.41) is 3.09. The third-order valence-electron chi connectivity index (χ3n) is 3.70. The van der Waals surface area contributed by atoms with E-state index in [9.17, 15) is 4.79 Å². The Kier molecular flexibility index (Phi) is 2.81. The fraction of sp³-hybridized carbons (Fsp3) is 0.538. The van der Waals surface area contributed by atoms with Crippen molar-refractivity contribution >= 4 is 5.91 Å².